The number of carbonyl (C=O) groups excluding carboxylic acids is 2. The molecule has 2 aromatic carbocycles. The first-order valence-electron chi connectivity index (χ1n) is 9.31. The molecule has 0 aliphatic carbocycles. The monoisotopic (exact) mass is 436 g/mol. The van der Waals surface area contributed by atoms with E-state index in [1.807, 2.05) is 0 Å². The van der Waals surface area contributed by atoms with Gasteiger partial charge in [0.1, 0.15) is 23.9 Å². The van der Waals surface area contributed by atoms with E-state index in [2.05, 4.69) is 11.6 Å². The molecule has 0 saturated carbocycles. The first-order chi connectivity index (χ1) is 15.0. The number of ether oxygens (including phenoxy) is 1. The highest BCUT2D eigenvalue weighted by Gasteiger charge is 2.48. The molecule has 1 saturated heterocycles. The van der Waals surface area contributed by atoms with E-state index in [-0.39, 0.29) is 23.5 Å². The van der Waals surface area contributed by atoms with Gasteiger partial charge >= 0.3 is 5.91 Å². The molecule has 1 aliphatic heterocycles. The third-order valence-electron chi connectivity index (χ3n) is 4.73. The lowest BCUT2D eigenvalue weighted by Crippen LogP contribution is -2.29. The summed E-state index contributed by atoms with van der Waals surface area (Å²) in [6, 6.07) is 11.0. The summed E-state index contributed by atoms with van der Waals surface area (Å²) in [4.78, 5) is 31.4. The van der Waals surface area contributed by atoms with Crippen LogP contribution in [0, 0.1) is 5.82 Å². The van der Waals surface area contributed by atoms with Gasteiger partial charge in [-0.05, 0) is 42.0 Å². The number of hydrogen-bond donors (Lipinski definition) is 1. The third-order valence-corrected chi connectivity index (χ3v) is 5.50. The Balaban J connectivity index is 1.89. The Kier molecular flexibility index (Phi) is 5.64. The fourth-order valence-electron chi connectivity index (χ4n) is 3.37. The molecule has 1 fully saturated rings. The van der Waals surface area contributed by atoms with Crippen molar-refractivity contribution < 1.29 is 23.8 Å². The molecule has 8 heteroatoms. The van der Waals surface area contributed by atoms with E-state index in [1.165, 1.54) is 46.7 Å². The second kappa shape index (κ2) is 8.53. The van der Waals surface area contributed by atoms with Gasteiger partial charge in [0.15, 0.2) is 5.13 Å². The summed E-state index contributed by atoms with van der Waals surface area (Å²) in [5.41, 5.74) is 0.676. The average Bonchev–Trinajstić information content (AvgIpc) is 3.39. The van der Waals surface area contributed by atoms with E-state index in [9.17, 15) is 19.1 Å². The highest BCUT2D eigenvalue weighted by molar-refractivity contribution is 7.14. The number of halogens is 1. The molecule has 31 heavy (non-hydrogen) atoms. The quantitative estimate of drug-likeness (QED) is 0.267. The van der Waals surface area contributed by atoms with Crippen molar-refractivity contribution in [2.45, 2.75) is 6.04 Å². The van der Waals surface area contributed by atoms with Gasteiger partial charge < -0.3 is 9.84 Å². The number of amides is 1. The van der Waals surface area contributed by atoms with Crippen LogP contribution in [0.25, 0.3) is 5.76 Å². The molecule has 1 atom stereocenters. The van der Waals surface area contributed by atoms with Crippen LogP contribution in [0.2, 0.25) is 0 Å². The maximum atomic E-state index is 13.3. The van der Waals surface area contributed by atoms with E-state index < -0.39 is 23.5 Å². The van der Waals surface area contributed by atoms with Crippen LogP contribution in [0.3, 0.4) is 0 Å². The number of aliphatic hydroxyl groups excluding tert-OH is 1. The zero-order chi connectivity index (χ0) is 22.0. The summed E-state index contributed by atoms with van der Waals surface area (Å²) in [6.45, 7) is 3.90. The fourth-order valence-corrected chi connectivity index (χ4v) is 4.04. The Labute approximate surface area is 181 Å². The van der Waals surface area contributed by atoms with Crippen LogP contribution in [-0.4, -0.2) is 28.4 Å². The maximum Gasteiger partial charge on any atom is 0.301 e. The van der Waals surface area contributed by atoms with Crippen molar-refractivity contribution in [2.24, 2.45) is 0 Å². The molecule has 2 heterocycles. The van der Waals surface area contributed by atoms with Crippen molar-refractivity contribution in [3.63, 3.8) is 0 Å². The van der Waals surface area contributed by atoms with Gasteiger partial charge in [-0.1, -0.05) is 24.8 Å². The molecule has 0 radical (unpaired) electrons. The molecule has 1 aliphatic rings. The Bertz CT molecular complexity index is 1170. The maximum absolute atomic E-state index is 13.3. The standard InChI is InChI=1S/C23H17FN2O4S/c1-2-11-30-17-5-3-4-15(13-17)19-18(20(27)14-6-8-16(24)9-7-14)21(28)22(29)26(19)23-25-10-12-31-23/h2-10,12-13,19,27H,1,11H2/b20-18+. The van der Waals surface area contributed by atoms with E-state index in [1.54, 1.807) is 35.7 Å². The minimum absolute atomic E-state index is 0.104. The van der Waals surface area contributed by atoms with Gasteiger partial charge in [-0.3, -0.25) is 14.5 Å². The normalized spacial score (nSPS) is 17.7. The zero-order valence-electron chi connectivity index (χ0n) is 16.2. The summed E-state index contributed by atoms with van der Waals surface area (Å²) < 4.78 is 18.9. The van der Waals surface area contributed by atoms with Gasteiger partial charge in [0.05, 0.1) is 11.6 Å². The molecule has 6 nitrogen and oxygen atoms in total. The summed E-state index contributed by atoms with van der Waals surface area (Å²) in [7, 11) is 0. The molecule has 4 rings (SSSR count). The fraction of sp³-hybridized carbons (Fsp3) is 0.0870. The van der Waals surface area contributed by atoms with Gasteiger partial charge in [0.2, 0.25) is 0 Å². The Hall–Kier alpha value is -3.78. The smallest absolute Gasteiger partial charge is 0.301 e. The van der Waals surface area contributed by atoms with Crippen LogP contribution in [0.1, 0.15) is 17.2 Å². The SMILES string of the molecule is C=CCOc1cccc(C2/C(=C(\O)c3ccc(F)cc3)C(=O)C(=O)N2c2nccs2)c1. The van der Waals surface area contributed by atoms with Crippen LogP contribution in [0.15, 0.2) is 78.3 Å². The second-order valence-corrected chi connectivity index (χ2v) is 7.54. The van der Waals surface area contributed by atoms with Gasteiger partial charge in [0.25, 0.3) is 5.78 Å². The van der Waals surface area contributed by atoms with Crippen LogP contribution in [-0.2, 0) is 9.59 Å². The molecule has 3 aromatic rings. The van der Waals surface area contributed by atoms with E-state index >= 15 is 0 Å². The summed E-state index contributed by atoms with van der Waals surface area (Å²) >= 11 is 1.20. The van der Waals surface area contributed by atoms with E-state index in [0.29, 0.717) is 16.4 Å². The van der Waals surface area contributed by atoms with Crippen molar-refractivity contribution >= 4 is 33.9 Å². The molecule has 0 spiro atoms. The van der Waals surface area contributed by atoms with Gasteiger partial charge in [-0.25, -0.2) is 9.37 Å². The Morgan fingerprint density at radius 2 is 2.03 bits per heavy atom. The van der Waals surface area contributed by atoms with Gasteiger partial charge in [0, 0.05) is 17.1 Å². The molecule has 1 amide bonds. The number of hydrogen-bond acceptors (Lipinski definition) is 6. The van der Waals surface area contributed by atoms with Crippen molar-refractivity contribution in [3.05, 3.63) is 95.3 Å². The number of benzene rings is 2. The topological polar surface area (TPSA) is 79.7 Å². The number of thiazole rings is 1. The lowest BCUT2D eigenvalue weighted by molar-refractivity contribution is -0.132. The molecule has 1 unspecified atom stereocenters. The molecule has 1 N–H and O–H groups in total. The average molecular weight is 436 g/mol. The Morgan fingerprint density at radius 3 is 2.71 bits per heavy atom. The minimum Gasteiger partial charge on any atom is -0.507 e. The second-order valence-electron chi connectivity index (χ2n) is 6.66. The molecule has 0 bridgehead atoms. The number of aliphatic hydroxyl groups is 1. The predicted octanol–water partition coefficient (Wildman–Crippen LogP) is 4.47. The number of Topliss-reactive ketones (excluding diaryl/α,β-unsaturated/α-hetero) is 1. The molecule has 1 aromatic heterocycles. The largest absolute Gasteiger partial charge is 0.507 e. The van der Waals surface area contributed by atoms with Crippen molar-refractivity contribution in [3.8, 4) is 5.75 Å². The predicted molar refractivity (Wildman–Crippen MR) is 115 cm³/mol. The third kappa shape index (κ3) is 3.85. The van der Waals surface area contributed by atoms with Crippen molar-refractivity contribution in [1.29, 1.82) is 0 Å². The molecular weight excluding hydrogens is 419 g/mol. The molecule has 156 valence electrons. The van der Waals surface area contributed by atoms with Crippen molar-refractivity contribution in [2.75, 3.05) is 11.5 Å². The number of nitrogens with zero attached hydrogens (tertiary/aromatic N) is 2. The van der Waals surface area contributed by atoms with Crippen LogP contribution in [0.5, 0.6) is 5.75 Å². The highest BCUT2D eigenvalue weighted by atomic mass is 32.1. The van der Waals surface area contributed by atoms with E-state index in [4.69, 9.17) is 4.74 Å². The zero-order valence-corrected chi connectivity index (χ0v) is 17.0. The lowest BCUT2D eigenvalue weighted by Gasteiger charge is -2.23. The number of anilines is 1. The van der Waals surface area contributed by atoms with Crippen molar-refractivity contribution in [1.82, 2.24) is 4.98 Å². The summed E-state index contributed by atoms with van der Waals surface area (Å²) in [5, 5.41) is 13.0. The first-order valence-corrected chi connectivity index (χ1v) is 10.2. The number of rotatable bonds is 6. The highest BCUT2D eigenvalue weighted by Crippen LogP contribution is 2.43. The van der Waals surface area contributed by atoms with E-state index in [0.717, 1.165) is 0 Å². The van der Waals surface area contributed by atoms with Crippen LogP contribution in [0.4, 0.5) is 9.52 Å². The van der Waals surface area contributed by atoms with Gasteiger partial charge in [-0.2, -0.15) is 0 Å². The van der Waals surface area contributed by atoms with Gasteiger partial charge in [-0.15, -0.1) is 11.3 Å². The van der Waals surface area contributed by atoms with Crippen LogP contribution < -0.4 is 9.64 Å². The first kappa shape index (κ1) is 20.5. The van der Waals surface area contributed by atoms with Crippen LogP contribution >= 0.6 is 11.3 Å². The Morgan fingerprint density at radius 1 is 1.26 bits per heavy atom. The molecular formula is C23H17FN2O4S. The summed E-state index contributed by atoms with van der Waals surface area (Å²) in [6.07, 6.45) is 3.13. The number of ketones is 1. The summed E-state index contributed by atoms with van der Waals surface area (Å²) in [5.74, 6) is -2.01. The number of aromatic nitrogens is 1. The lowest BCUT2D eigenvalue weighted by atomic mass is 9.95. The minimum atomic E-state index is -0.927. The number of carbonyl (C=O) groups is 2.